The van der Waals surface area contributed by atoms with Crippen LogP contribution in [0.2, 0.25) is 0 Å². The minimum atomic E-state index is 0.180. The summed E-state index contributed by atoms with van der Waals surface area (Å²) in [6.07, 6.45) is 0. The molecule has 3 N–H and O–H groups in total. The predicted molar refractivity (Wildman–Crippen MR) is 67.5 cm³/mol. The van der Waals surface area contributed by atoms with E-state index in [4.69, 9.17) is 10.5 Å². The van der Waals surface area contributed by atoms with Gasteiger partial charge in [-0.15, -0.1) is 0 Å². The number of methoxy groups -OCH3 is 1. The highest BCUT2D eigenvalue weighted by Gasteiger charge is 2.02. The maximum absolute atomic E-state index is 5.58. The van der Waals surface area contributed by atoms with Crippen LogP contribution in [-0.4, -0.2) is 17.1 Å². The Morgan fingerprint density at radius 1 is 1.24 bits per heavy atom. The molecular weight excluding hydrogens is 216 g/mol. The van der Waals surface area contributed by atoms with Gasteiger partial charge in [-0.3, -0.25) is 0 Å². The molecular formula is C12H14N4O. The van der Waals surface area contributed by atoms with Crippen LogP contribution in [0.4, 0.5) is 17.5 Å². The first kappa shape index (κ1) is 11.2. The average molecular weight is 230 g/mol. The zero-order valence-corrected chi connectivity index (χ0v) is 9.77. The maximum atomic E-state index is 5.58. The largest absolute Gasteiger partial charge is 0.481 e. The normalized spacial score (nSPS) is 10.0. The molecule has 0 fully saturated rings. The molecule has 0 bridgehead atoms. The average Bonchev–Trinajstić information content (AvgIpc) is 2.28. The monoisotopic (exact) mass is 230 g/mol. The van der Waals surface area contributed by atoms with Gasteiger partial charge < -0.3 is 15.8 Å². The second-order valence-corrected chi connectivity index (χ2v) is 3.65. The van der Waals surface area contributed by atoms with Gasteiger partial charge in [0.25, 0.3) is 0 Å². The molecule has 88 valence electrons. The highest BCUT2D eigenvalue weighted by Crippen LogP contribution is 2.19. The second-order valence-electron chi connectivity index (χ2n) is 3.65. The minimum Gasteiger partial charge on any atom is -0.481 e. The lowest BCUT2D eigenvalue weighted by Gasteiger charge is -2.08. The summed E-state index contributed by atoms with van der Waals surface area (Å²) in [5.41, 5.74) is 7.70. The van der Waals surface area contributed by atoms with Crippen molar-refractivity contribution in [1.29, 1.82) is 0 Å². The van der Waals surface area contributed by atoms with E-state index in [1.54, 1.807) is 6.07 Å². The third-order valence-corrected chi connectivity index (χ3v) is 2.22. The van der Waals surface area contributed by atoms with Crippen LogP contribution < -0.4 is 15.8 Å². The van der Waals surface area contributed by atoms with Crippen molar-refractivity contribution in [3.8, 4) is 5.88 Å². The summed E-state index contributed by atoms with van der Waals surface area (Å²) in [5.74, 6) is 1.23. The lowest BCUT2D eigenvalue weighted by atomic mass is 10.2. The number of benzene rings is 1. The van der Waals surface area contributed by atoms with Crippen LogP contribution in [0.1, 0.15) is 5.56 Å². The second kappa shape index (κ2) is 4.69. The summed E-state index contributed by atoms with van der Waals surface area (Å²) in [6, 6.07) is 9.67. The van der Waals surface area contributed by atoms with Gasteiger partial charge in [0.15, 0.2) is 0 Å². The molecule has 0 aliphatic heterocycles. The van der Waals surface area contributed by atoms with Gasteiger partial charge in [-0.1, -0.05) is 12.1 Å². The van der Waals surface area contributed by atoms with Crippen LogP contribution in [0, 0.1) is 6.92 Å². The number of nitrogens with zero attached hydrogens (tertiary/aromatic N) is 2. The fourth-order valence-corrected chi connectivity index (χ4v) is 1.48. The molecule has 0 spiro atoms. The first-order valence-electron chi connectivity index (χ1n) is 5.19. The number of hydrogen-bond donors (Lipinski definition) is 2. The highest BCUT2D eigenvalue weighted by atomic mass is 16.5. The van der Waals surface area contributed by atoms with Gasteiger partial charge >= 0.3 is 0 Å². The van der Waals surface area contributed by atoms with Gasteiger partial charge in [-0.2, -0.15) is 9.97 Å². The van der Waals surface area contributed by atoms with E-state index in [2.05, 4.69) is 15.3 Å². The molecule has 2 aromatic rings. The van der Waals surface area contributed by atoms with E-state index in [-0.39, 0.29) is 5.95 Å². The van der Waals surface area contributed by atoms with Crippen LogP contribution in [-0.2, 0) is 0 Å². The summed E-state index contributed by atoms with van der Waals surface area (Å²) in [4.78, 5) is 8.00. The number of nitrogen functional groups attached to an aromatic ring is 1. The first-order valence-corrected chi connectivity index (χ1v) is 5.19. The molecule has 1 aromatic heterocycles. The molecule has 0 atom stereocenters. The molecule has 1 heterocycles. The number of rotatable bonds is 3. The van der Waals surface area contributed by atoms with Crippen molar-refractivity contribution < 1.29 is 4.74 Å². The number of anilines is 3. The smallest absolute Gasteiger partial charge is 0.225 e. The van der Waals surface area contributed by atoms with E-state index in [0.717, 1.165) is 5.69 Å². The summed E-state index contributed by atoms with van der Waals surface area (Å²) in [5, 5.41) is 3.15. The number of aromatic nitrogens is 2. The molecule has 0 saturated heterocycles. The molecule has 5 nitrogen and oxygen atoms in total. The predicted octanol–water partition coefficient (Wildman–Crippen LogP) is 2.12. The van der Waals surface area contributed by atoms with E-state index in [0.29, 0.717) is 11.7 Å². The van der Waals surface area contributed by atoms with Gasteiger partial charge in [0.2, 0.25) is 11.8 Å². The van der Waals surface area contributed by atoms with Crippen molar-refractivity contribution in [3.63, 3.8) is 0 Å². The molecule has 5 heteroatoms. The quantitative estimate of drug-likeness (QED) is 0.844. The van der Waals surface area contributed by atoms with Crippen molar-refractivity contribution in [2.75, 3.05) is 18.2 Å². The summed E-state index contributed by atoms with van der Waals surface area (Å²) in [7, 11) is 1.54. The summed E-state index contributed by atoms with van der Waals surface area (Å²) in [6.45, 7) is 2.03. The number of aryl methyl sites for hydroxylation is 1. The van der Waals surface area contributed by atoms with Crippen molar-refractivity contribution in [1.82, 2.24) is 9.97 Å². The van der Waals surface area contributed by atoms with E-state index < -0.39 is 0 Å². The summed E-state index contributed by atoms with van der Waals surface area (Å²) < 4.78 is 5.03. The third-order valence-electron chi connectivity index (χ3n) is 2.22. The fraction of sp³-hybridized carbons (Fsp3) is 0.167. The fourth-order valence-electron chi connectivity index (χ4n) is 1.48. The van der Waals surface area contributed by atoms with Gasteiger partial charge in [0.05, 0.1) is 7.11 Å². The van der Waals surface area contributed by atoms with Crippen molar-refractivity contribution in [2.45, 2.75) is 6.92 Å². The first-order chi connectivity index (χ1) is 8.17. The Morgan fingerprint density at radius 2 is 2.06 bits per heavy atom. The SMILES string of the molecule is COc1cc(Nc2cccc(C)c2)nc(N)n1. The highest BCUT2D eigenvalue weighted by molar-refractivity contribution is 5.58. The zero-order chi connectivity index (χ0) is 12.3. The molecule has 0 amide bonds. The number of nitrogens with one attached hydrogen (secondary N) is 1. The Balaban J connectivity index is 2.26. The topological polar surface area (TPSA) is 73.1 Å². The van der Waals surface area contributed by atoms with Crippen LogP contribution in [0.5, 0.6) is 5.88 Å². The van der Waals surface area contributed by atoms with E-state index >= 15 is 0 Å². The Hall–Kier alpha value is -2.30. The minimum absolute atomic E-state index is 0.180. The zero-order valence-electron chi connectivity index (χ0n) is 9.77. The number of ether oxygens (including phenoxy) is 1. The lowest BCUT2D eigenvalue weighted by Crippen LogP contribution is -2.01. The van der Waals surface area contributed by atoms with Crippen LogP contribution in [0.15, 0.2) is 30.3 Å². The van der Waals surface area contributed by atoms with E-state index in [9.17, 15) is 0 Å². The third kappa shape index (κ3) is 2.84. The van der Waals surface area contributed by atoms with E-state index in [1.807, 2.05) is 31.2 Å². The Kier molecular flexibility index (Phi) is 3.09. The van der Waals surface area contributed by atoms with Crippen molar-refractivity contribution in [2.24, 2.45) is 0 Å². The Bertz CT molecular complexity index is 528. The van der Waals surface area contributed by atoms with Gasteiger partial charge in [-0.25, -0.2) is 0 Å². The molecule has 0 unspecified atom stereocenters. The van der Waals surface area contributed by atoms with Gasteiger partial charge in [0.1, 0.15) is 5.82 Å². The molecule has 0 saturated carbocycles. The number of nitrogens with two attached hydrogens (primary N) is 1. The molecule has 0 aliphatic carbocycles. The molecule has 0 aliphatic rings. The number of hydrogen-bond acceptors (Lipinski definition) is 5. The Morgan fingerprint density at radius 3 is 2.76 bits per heavy atom. The standard InChI is InChI=1S/C12H14N4O/c1-8-4-3-5-9(6-8)14-10-7-11(17-2)16-12(13)15-10/h3-7H,1-2H3,(H3,13,14,15,16). The van der Waals surface area contributed by atoms with Crippen molar-refractivity contribution in [3.05, 3.63) is 35.9 Å². The molecule has 0 radical (unpaired) electrons. The van der Waals surface area contributed by atoms with Gasteiger partial charge in [0, 0.05) is 11.8 Å². The van der Waals surface area contributed by atoms with Crippen LogP contribution >= 0.6 is 0 Å². The van der Waals surface area contributed by atoms with Crippen molar-refractivity contribution >= 4 is 17.5 Å². The molecule has 1 aromatic carbocycles. The summed E-state index contributed by atoms with van der Waals surface area (Å²) >= 11 is 0. The van der Waals surface area contributed by atoms with E-state index in [1.165, 1.54) is 12.7 Å². The molecule has 17 heavy (non-hydrogen) atoms. The van der Waals surface area contributed by atoms with Crippen LogP contribution in [0.25, 0.3) is 0 Å². The van der Waals surface area contributed by atoms with Gasteiger partial charge in [-0.05, 0) is 24.6 Å². The van der Waals surface area contributed by atoms with Crippen LogP contribution in [0.3, 0.4) is 0 Å². The lowest BCUT2D eigenvalue weighted by molar-refractivity contribution is 0.398. The maximum Gasteiger partial charge on any atom is 0.225 e. The Labute approximate surface area is 99.7 Å². The molecule has 2 rings (SSSR count).